The van der Waals surface area contributed by atoms with Gasteiger partial charge in [-0.15, -0.1) is 0 Å². The van der Waals surface area contributed by atoms with E-state index in [9.17, 15) is 4.79 Å². The van der Waals surface area contributed by atoms with Gasteiger partial charge in [0.15, 0.2) is 0 Å². The fourth-order valence-electron chi connectivity index (χ4n) is 2.46. The van der Waals surface area contributed by atoms with E-state index < -0.39 is 5.97 Å². The summed E-state index contributed by atoms with van der Waals surface area (Å²) < 4.78 is 0. The number of carbonyl (C=O) groups is 1. The maximum atomic E-state index is 10.3. The highest BCUT2D eigenvalue weighted by atomic mass is 16.4. The Morgan fingerprint density at radius 1 is 0.727 bits per heavy atom. The van der Waals surface area contributed by atoms with E-state index >= 15 is 0 Å². The highest BCUT2D eigenvalue weighted by Crippen LogP contribution is 2.10. The van der Waals surface area contributed by atoms with Crippen LogP contribution in [0.1, 0.15) is 96.8 Å². The molecule has 0 aliphatic carbocycles. The summed E-state index contributed by atoms with van der Waals surface area (Å²) in [6, 6.07) is 0. The summed E-state index contributed by atoms with van der Waals surface area (Å²) in [5, 5.41) is 8.53. The van der Waals surface area contributed by atoms with Crippen LogP contribution in [0.5, 0.6) is 0 Å². The Bertz CT molecular complexity index is 292. The molecule has 1 N–H and O–H groups in total. The van der Waals surface area contributed by atoms with E-state index in [4.69, 9.17) is 5.11 Å². The Balaban J connectivity index is 3.15. The summed E-state index contributed by atoms with van der Waals surface area (Å²) >= 11 is 0. The minimum Gasteiger partial charge on any atom is -0.481 e. The Labute approximate surface area is 137 Å². The van der Waals surface area contributed by atoms with Gasteiger partial charge >= 0.3 is 5.97 Å². The lowest BCUT2D eigenvalue weighted by Gasteiger charge is -2.00. The van der Waals surface area contributed by atoms with Crippen molar-refractivity contribution < 1.29 is 9.90 Å². The lowest BCUT2D eigenvalue weighted by molar-refractivity contribution is -0.137. The third-order valence-electron chi connectivity index (χ3n) is 3.87. The number of hydrogen-bond donors (Lipinski definition) is 1. The fraction of sp³-hybridized carbons (Fsp3) is 0.750. The Morgan fingerprint density at radius 2 is 1.18 bits per heavy atom. The van der Waals surface area contributed by atoms with Gasteiger partial charge in [0, 0.05) is 6.42 Å². The summed E-state index contributed by atoms with van der Waals surface area (Å²) in [7, 11) is 0. The van der Waals surface area contributed by atoms with Crippen LogP contribution in [-0.4, -0.2) is 11.1 Å². The van der Waals surface area contributed by atoms with E-state index in [2.05, 4.69) is 31.2 Å². The van der Waals surface area contributed by atoms with Gasteiger partial charge in [-0.3, -0.25) is 4.79 Å². The molecule has 2 nitrogen and oxygen atoms in total. The number of aliphatic carboxylic acids is 1. The van der Waals surface area contributed by atoms with Crippen LogP contribution in [0.15, 0.2) is 24.3 Å². The van der Waals surface area contributed by atoms with E-state index in [1.807, 2.05) is 0 Å². The zero-order valence-electron chi connectivity index (χ0n) is 14.6. The molecule has 22 heavy (non-hydrogen) atoms. The number of hydrogen-bond acceptors (Lipinski definition) is 1. The normalized spacial score (nSPS) is 11.7. The molecule has 0 aliphatic heterocycles. The van der Waals surface area contributed by atoms with Crippen molar-refractivity contribution in [3.05, 3.63) is 24.3 Å². The van der Waals surface area contributed by atoms with Crippen molar-refractivity contribution in [2.24, 2.45) is 0 Å². The van der Waals surface area contributed by atoms with E-state index in [1.165, 1.54) is 70.6 Å². The maximum absolute atomic E-state index is 10.3. The van der Waals surface area contributed by atoms with Crippen molar-refractivity contribution in [2.75, 3.05) is 0 Å². The van der Waals surface area contributed by atoms with Crippen LogP contribution < -0.4 is 0 Å². The molecule has 0 spiro atoms. The molecule has 0 aromatic carbocycles. The highest BCUT2D eigenvalue weighted by molar-refractivity contribution is 5.66. The number of rotatable bonds is 16. The monoisotopic (exact) mass is 308 g/mol. The minimum absolute atomic E-state index is 0.333. The first-order valence-corrected chi connectivity index (χ1v) is 9.30. The molecule has 0 aromatic heterocycles. The van der Waals surface area contributed by atoms with Gasteiger partial charge in [-0.25, -0.2) is 0 Å². The van der Waals surface area contributed by atoms with Crippen molar-refractivity contribution in [1.82, 2.24) is 0 Å². The predicted octanol–water partition coefficient (Wildman–Crippen LogP) is 6.66. The number of carboxylic acid groups (broad SMARTS) is 1. The lowest BCUT2D eigenvalue weighted by atomic mass is 10.1. The largest absolute Gasteiger partial charge is 0.481 e. The molecule has 128 valence electrons. The molecule has 0 saturated carbocycles. The Kier molecular flexibility index (Phi) is 17.1. The Morgan fingerprint density at radius 3 is 1.68 bits per heavy atom. The molecule has 0 rings (SSSR count). The van der Waals surface area contributed by atoms with Crippen LogP contribution >= 0.6 is 0 Å². The SMILES string of the molecule is CCCCCC=CC=CCCCCCCCCCCC(=O)O. The van der Waals surface area contributed by atoms with Crippen molar-refractivity contribution >= 4 is 5.97 Å². The summed E-state index contributed by atoms with van der Waals surface area (Å²) in [6.45, 7) is 2.24. The van der Waals surface area contributed by atoms with Gasteiger partial charge in [0.2, 0.25) is 0 Å². The second-order valence-corrected chi connectivity index (χ2v) is 6.11. The first kappa shape index (κ1) is 20.9. The third kappa shape index (κ3) is 18.9. The molecule has 0 bridgehead atoms. The second-order valence-electron chi connectivity index (χ2n) is 6.11. The molecular formula is C20H36O2. The summed E-state index contributed by atoms with van der Waals surface area (Å²) in [5.41, 5.74) is 0. The molecular weight excluding hydrogens is 272 g/mol. The first-order valence-electron chi connectivity index (χ1n) is 9.30. The maximum Gasteiger partial charge on any atom is 0.303 e. The lowest BCUT2D eigenvalue weighted by Crippen LogP contribution is -1.93. The van der Waals surface area contributed by atoms with E-state index in [0.29, 0.717) is 6.42 Å². The molecule has 0 saturated heterocycles. The Hall–Kier alpha value is -1.05. The van der Waals surface area contributed by atoms with Crippen molar-refractivity contribution in [3.8, 4) is 0 Å². The van der Waals surface area contributed by atoms with Crippen LogP contribution in [0, 0.1) is 0 Å². The number of carboxylic acids is 1. The van der Waals surface area contributed by atoms with Crippen molar-refractivity contribution in [1.29, 1.82) is 0 Å². The molecule has 0 radical (unpaired) electrons. The quantitative estimate of drug-likeness (QED) is 0.255. The molecule has 0 amide bonds. The smallest absolute Gasteiger partial charge is 0.303 e. The molecule has 0 aliphatic rings. The van der Waals surface area contributed by atoms with Gasteiger partial charge in [-0.1, -0.05) is 82.6 Å². The number of unbranched alkanes of at least 4 members (excludes halogenated alkanes) is 11. The fourth-order valence-corrected chi connectivity index (χ4v) is 2.46. The molecule has 0 heterocycles. The molecule has 0 fully saturated rings. The van der Waals surface area contributed by atoms with Gasteiger partial charge in [-0.05, 0) is 32.1 Å². The summed E-state index contributed by atoms with van der Waals surface area (Å²) in [6.07, 6.45) is 25.2. The molecule has 0 atom stereocenters. The van der Waals surface area contributed by atoms with E-state index in [1.54, 1.807) is 0 Å². The molecule has 0 aromatic rings. The summed E-state index contributed by atoms with van der Waals surface area (Å²) in [5.74, 6) is -0.663. The average molecular weight is 309 g/mol. The van der Waals surface area contributed by atoms with Crippen LogP contribution in [-0.2, 0) is 4.79 Å². The van der Waals surface area contributed by atoms with E-state index in [0.717, 1.165) is 12.8 Å². The average Bonchev–Trinajstić information content (AvgIpc) is 2.50. The van der Waals surface area contributed by atoms with E-state index in [-0.39, 0.29) is 0 Å². The summed E-state index contributed by atoms with van der Waals surface area (Å²) in [4.78, 5) is 10.3. The second kappa shape index (κ2) is 18.0. The predicted molar refractivity (Wildman–Crippen MR) is 96.2 cm³/mol. The van der Waals surface area contributed by atoms with Gasteiger partial charge in [0.05, 0.1) is 0 Å². The van der Waals surface area contributed by atoms with Gasteiger partial charge in [-0.2, -0.15) is 0 Å². The van der Waals surface area contributed by atoms with Crippen LogP contribution in [0.4, 0.5) is 0 Å². The van der Waals surface area contributed by atoms with Crippen molar-refractivity contribution in [2.45, 2.75) is 96.8 Å². The van der Waals surface area contributed by atoms with Crippen LogP contribution in [0.2, 0.25) is 0 Å². The molecule has 2 heteroatoms. The number of allylic oxidation sites excluding steroid dienone is 4. The van der Waals surface area contributed by atoms with Crippen LogP contribution in [0.25, 0.3) is 0 Å². The van der Waals surface area contributed by atoms with Gasteiger partial charge < -0.3 is 5.11 Å². The van der Waals surface area contributed by atoms with Gasteiger partial charge in [0.25, 0.3) is 0 Å². The van der Waals surface area contributed by atoms with Crippen LogP contribution in [0.3, 0.4) is 0 Å². The van der Waals surface area contributed by atoms with Crippen molar-refractivity contribution in [3.63, 3.8) is 0 Å². The zero-order valence-corrected chi connectivity index (χ0v) is 14.6. The molecule has 0 unspecified atom stereocenters. The highest BCUT2D eigenvalue weighted by Gasteiger charge is 1.96. The standard InChI is InChI=1S/C20H36O2/c1-2-3-4-5-6-7-8-9-10-11-12-13-14-15-16-17-18-19-20(21)22/h6-9H,2-5,10-19H2,1H3,(H,21,22). The van der Waals surface area contributed by atoms with Gasteiger partial charge in [0.1, 0.15) is 0 Å². The zero-order chi connectivity index (χ0) is 16.3. The first-order chi connectivity index (χ1) is 10.8. The third-order valence-corrected chi connectivity index (χ3v) is 3.87. The topological polar surface area (TPSA) is 37.3 Å². The minimum atomic E-state index is -0.663.